The Balaban J connectivity index is 1.48. The lowest BCUT2D eigenvalue weighted by atomic mass is 10.0. The largest absolute Gasteiger partial charge is 0.354 e. The van der Waals surface area contributed by atoms with Crippen molar-refractivity contribution in [1.29, 1.82) is 0 Å². The molecule has 1 saturated heterocycles. The highest BCUT2D eigenvalue weighted by Crippen LogP contribution is 2.26. The maximum absolute atomic E-state index is 12.8. The average molecular weight is 460 g/mol. The van der Waals surface area contributed by atoms with Crippen LogP contribution in [0.3, 0.4) is 0 Å². The Morgan fingerprint density at radius 3 is 2.55 bits per heavy atom. The van der Waals surface area contributed by atoms with Crippen LogP contribution in [0.2, 0.25) is 0 Å². The van der Waals surface area contributed by atoms with Gasteiger partial charge in [-0.1, -0.05) is 48.6 Å². The van der Waals surface area contributed by atoms with Gasteiger partial charge >= 0.3 is 4.87 Å². The topological polar surface area (TPSA) is 88.5 Å². The van der Waals surface area contributed by atoms with Gasteiger partial charge < -0.3 is 5.32 Å². The normalized spacial score (nSPS) is 15.9. The van der Waals surface area contributed by atoms with Crippen molar-refractivity contribution in [3.63, 3.8) is 0 Å². The summed E-state index contributed by atoms with van der Waals surface area (Å²) in [7, 11) is -3.55. The van der Waals surface area contributed by atoms with Crippen LogP contribution in [0.15, 0.2) is 58.2 Å². The van der Waals surface area contributed by atoms with Gasteiger partial charge in [-0.2, -0.15) is 4.31 Å². The van der Waals surface area contributed by atoms with Crippen LogP contribution in [0, 0.1) is 0 Å². The first kappa shape index (κ1) is 21.7. The lowest BCUT2D eigenvalue weighted by molar-refractivity contribution is -0.121. The number of sulfonamides is 1. The molecule has 164 valence electrons. The molecule has 3 aromatic rings. The fourth-order valence-electron chi connectivity index (χ4n) is 3.80. The molecule has 0 saturated carbocycles. The van der Waals surface area contributed by atoms with Crippen molar-refractivity contribution < 1.29 is 13.2 Å². The molecular formula is C22H25N3O4S2. The molecule has 1 atom stereocenters. The van der Waals surface area contributed by atoms with Gasteiger partial charge in [0.05, 0.1) is 15.1 Å². The number of hydrogen-bond acceptors (Lipinski definition) is 5. The van der Waals surface area contributed by atoms with Crippen LogP contribution in [0.4, 0.5) is 0 Å². The van der Waals surface area contributed by atoms with Crippen LogP contribution in [0.25, 0.3) is 10.2 Å². The number of rotatable bonds is 7. The maximum atomic E-state index is 12.8. The number of benzene rings is 2. The number of aromatic nitrogens is 1. The fourth-order valence-corrected chi connectivity index (χ4v) is 6.35. The Morgan fingerprint density at radius 2 is 1.84 bits per heavy atom. The van der Waals surface area contributed by atoms with Crippen LogP contribution in [0.5, 0.6) is 0 Å². The van der Waals surface area contributed by atoms with Crippen LogP contribution in [-0.4, -0.2) is 42.8 Å². The Labute approximate surface area is 185 Å². The first-order valence-corrected chi connectivity index (χ1v) is 12.6. The molecule has 4 rings (SSSR count). The molecule has 0 aliphatic carbocycles. The summed E-state index contributed by atoms with van der Waals surface area (Å²) in [4.78, 5) is 24.9. The van der Waals surface area contributed by atoms with E-state index in [9.17, 15) is 18.0 Å². The fraction of sp³-hybridized carbons (Fsp3) is 0.364. The van der Waals surface area contributed by atoms with Crippen LogP contribution < -0.4 is 10.2 Å². The van der Waals surface area contributed by atoms with Gasteiger partial charge in [-0.15, -0.1) is 0 Å². The summed E-state index contributed by atoms with van der Waals surface area (Å²) in [5.41, 5.74) is 1.70. The molecule has 0 radical (unpaired) electrons. The zero-order valence-corrected chi connectivity index (χ0v) is 18.9. The van der Waals surface area contributed by atoms with Gasteiger partial charge in [0, 0.05) is 19.6 Å². The minimum atomic E-state index is -3.55. The van der Waals surface area contributed by atoms with Gasteiger partial charge in [-0.25, -0.2) is 8.42 Å². The summed E-state index contributed by atoms with van der Waals surface area (Å²) in [6.07, 6.45) is 1.73. The second-order valence-electron chi connectivity index (χ2n) is 7.81. The summed E-state index contributed by atoms with van der Waals surface area (Å²) in [6, 6.07) is 14.6. The number of carbonyl (C=O) groups excluding carboxylic acids is 1. The number of hydrogen-bond donors (Lipinski definition) is 1. The third kappa shape index (κ3) is 4.58. The first-order valence-electron chi connectivity index (χ1n) is 10.3. The van der Waals surface area contributed by atoms with Crippen molar-refractivity contribution in [3.8, 4) is 0 Å². The summed E-state index contributed by atoms with van der Waals surface area (Å²) >= 11 is 0.959. The van der Waals surface area contributed by atoms with E-state index in [-0.39, 0.29) is 28.1 Å². The van der Waals surface area contributed by atoms with Gasteiger partial charge in [0.25, 0.3) is 0 Å². The van der Waals surface area contributed by atoms with E-state index >= 15 is 0 Å². The number of thiazole rings is 1. The maximum Gasteiger partial charge on any atom is 0.308 e. The first-order chi connectivity index (χ1) is 14.9. The number of fused-ring (bicyclic) bond motifs is 1. The van der Waals surface area contributed by atoms with Crippen LogP contribution in [-0.2, 0) is 21.4 Å². The van der Waals surface area contributed by atoms with E-state index in [0.29, 0.717) is 29.9 Å². The zero-order chi connectivity index (χ0) is 22.0. The van der Waals surface area contributed by atoms with Gasteiger partial charge in [0.15, 0.2) is 0 Å². The van der Waals surface area contributed by atoms with Gasteiger partial charge in [0.1, 0.15) is 6.54 Å². The summed E-state index contributed by atoms with van der Waals surface area (Å²) in [6.45, 7) is 3.46. The Hall–Kier alpha value is -2.49. The van der Waals surface area contributed by atoms with E-state index in [0.717, 1.165) is 29.7 Å². The predicted octanol–water partition coefficient (Wildman–Crippen LogP) is 2.77. The summed E-state index contributed by atoms with van der Waals surface area (Å²) in [5, 5.41) is 2.89. The standard InChI is InChI=1S/C22H25N3O4S2/c1-16(17-7-3-2-4-8-17)14-23-21(26)15-25-19-10-9-18(13-20(19)30-22(25)27)31(28,29)24-11-5-6-12-24/h2-4,7-10,13,16H,5-6,11-12,14-15H2,1H3,(H,23,26)/t16-/m0/s1. The molecule has 1 fully saturated rings. The molecule has 7 nitrogen and oxygen atoms in total. The van der Waals surface area contributed by atoms with Crippen molar-refractivity contribution in [2.75, 3.05) is 19.6 Å². The Kier molecular flexibility index (Phi) is 6.27. The number of carbonyl (C=O) groups is 1. The molecule has 2 heterocycles. The van der Waals surface area contributed by atoms with Crippen molar-refractivity contribution in [2.24, 2.45) is 0 Å². The number of amides is 1. The van der Waals surface area contributed by atoms with Crippen molar-refractivity contribution >= 4 is 37.5 Å². The SMILES string of the molecule is C[C@@H](CNC(=O)Cn1c(=O)sc2cc(S(=O)(=O)N3CCCC3)ccc21)c1ccccc1. The summed E-state index contributed by atoms with van der Waals surface area (Å²) < 4.78 is 29.0. The van der Waals surface area contributed by atoms with E-state index in [1.807, 2.05) is 37.3 Å². The summed E-state index contributed by atoms with van der Waals surface area (Å²) in [5.74, 6) is -0.0993. The average Bonchev–Trinajstić information content (AvgIpc) is 3.41. The third-order valence-corrected chi connectivity index (χ3v) is 8.45. The lowest BCUT2D eigenvalue weighted by Gasteiger charge is -2.15. The third-order valence-electron chi connectivity index (χ3n) is 5.62. The van der Waals surface area contributed by atoms with Crippen LogP contribution >= 0.6 is 11.3 Å². The highest BCUT2D eigenvalue weighted by atomic mass is 32.2. The molecule has 1 aliphatic rings. The minimum absolute atomic E-state index is 0.0986. The molecular weight excluding hydrogens is 434 g/mol. The molecule has 31 heavy (non-hydrogen) atoms. The predicted molar refractivity (Wildman–Crippen MR) is 122 cm³/mol. The smallest absolute Gasteiger partial charge is 0.308 e. The van der Waals surface area contributed by atoms with Gasteiger partial charge in [-0.05, 0) is 42.5 Å². The van der Waals surface area contributed by atoms with E-state index < -0.39 is 10.0 Å². The van der Waals surface area contributed by atoms with Gasteiger partial charge in [-0.3, -0.25) is 14.2 Å². The van der Waals surface area contributed by atoms with E-state index in [4.69, 9.17) is 0 Å². The quantitative estimate of drug-likeness (QED) is 0.588. The lowest BCUT2D eigenvalue weighted by Crippen LogP contribution is -2.32. The molecule has 1 amide bonds. The van der Waals surface area contributed by atoms with Crippen molar-refractivity contribution in [2.45, 2.75) is 37.1 Å². The minimum Gasteiger partial charge on any atom is -0.354 e. The van der Waals surface area contributed by atoms with Crippen molar-refractivity contribution in [1.82, 2.24) is 14.2 Å². The second-order valence-corrected chi connectivity index (χ2v) is 10.7. The molecule has 0 spiro atoms. The molecule has 9 heteroatoms. The molecule has 0 unspecified atom stereocenters. The van der Waals surface area contributed by atoms with E-state index in [1.165, 1.54) is 14.9 Å². The van der Waals surface area contributed by atoms with E-state index in [2.05, 4.69) is 5.32 Å². The highest BCUT2D eigenvalue weighted by molar-refractivity contribution is 7.89. The monoisotopic (exact) mass is 459 g/mol. The molecule has 1 aromatic heterocycles. The molecule has 1 N–H and O–H groups in total. The van der Waals surface area contributed by atoms with Gasteiger partial charge in [0.2, 0.25) is 15.9 Å². The second kappa shape index (κ2) is 8.94. The molecule has 2 aromatic carbocycles. The van der Waals surface area contributed by atoms with Crippen LogP contribution in [0.1, 0.15) is 31.2 Å². The molecule has 1 aliphatic heterocycles. The van der Waals surface area contributed by atoms with Crippen molar-refractivity contribution in [3.05, 3.63) is 63.8 Å². The Morgan fingerprint density at radius 1 is 1.13 bits per heavy atom. The highest BCUT2D eigenvalue weighted by Gasteiger charge is 2.27. The van der Waals surface area contributed by atoms with E-state index in [1.54, 1.807) is 12.1 Å². The number of nitrogens with zero attached hydrogens (tertiary/aromatic N) is 2. The zero-order valence-electron chi connectivity index (χ0n) is 17.3. The Bertz CT molecular complexity index is 1240. The number of nitrogens with one attached hydrogen (secondary N) is 1. The molecule has 0 bridgehead atoms.